The van der Waals surface area contributed by atoms with E-state index in [4.69, 9.17) is 0 Å². The van der Waals surface area contributed by atoms with Crippen molar-refractivity contribution in [3.05, 3.63) is 39.9 Å². The van der Waals surface area contributed by atoms with Crippen LogP contribution in [0.4, 0.5) is 5.69 Å². The van der Waals surface area contributed by atoms with Crippen molar-refractivity contribution in [1.82, 2.24) is 5.32 Å². The van der Waals surface area contributed by atoms with E-state index in [9.17, 15) is 24.5 Å². The lowest BCUT2D eigenvalue weighted by molar-refractivity contribution is -0.384. The number of non-ortho nitro benzene ring substituents is 1. The third-order valence-corrected chi connectivity index (χ3v) is 2.88. The van der Waals surface area contributed by atoms with Gasteiger partial charge < -0.3 is 5.32 Å². The van der Waals surface area contributed by atoms with E-state index >= 15 is 0 Å². The molecule has 0 aliphatic carbocycles. The lowest BCUT2D eigenvalue weighted by atomic mass is 9.89. The highest BCUT2D eigenvalue weighted by molar-refractivity contribution is 6.24. The molecule has 0 radical (unpaired) electrons. The molecule has 98 valence electrons. The van der Waals surface area contributed by atoms with E-state index in [1.165, 1.54) is 24.3 Å². The number of amides is 1. The zero-order valence-corrected chi connectivity index (χ0v) is 9.79. The second-order valence-corrected chi connectivity index (χ2v) is 4.11. The molecule has 1 atom stereocenters. The summed E-state index contributed by atoms with van der Waals surface area (Å²) in [5.74, 6) is -3.00. The SMILES string of the molecule is O=C1CCNC(=O)C1C(=O)c1ccc([N+](=O)[O-])cc1. The van der Waals surface area contributed by atoms with Gasteiger partial charge in [0, 0.05) is 30.7 Å². The highest BCUT2D eigenvalue weighted by Gasteiger charge is 2.36. The fourth-order valence-electron chi connectivity index (χ4n) is 1.88. The van der Waals surface area contributed by atoms with Crippen molar-refractivity contribution in [2.75, 3.05) is 6.54 Å². The summed E-state index contributed by atoms with van der Waals surface area (Å²) in [6, 6.07) is 4.82. The van der Waals surface area contributed by atoms with Crippen molar-refractivity contribution in [2.45, 2.75) is 6.42 Å². The maximum absolute atomic E-state index is 12.1. The summed E-state index contributed by atoms with van der Waals surface area (Å²) in [7, 11) is 0. The maximum atomic E-state index is 12.1. The van der Waals surface area contributed by atoms with Gasteiger partial charge in [0.2, 0.25) is 5.91 Å². The predicted molar refractivity (Wildman–Crippen MR) is 63.6 cm³/mol. The zero-order valence-electron chi connectivity index (χ0n) is 9.79. The number of carbonyl (C=O) groups excluding carboxylic acids is 3. The summed E-state index contributed by atoms with van der Waals surface area (Å²) >= 11 is 0. The van der Waals surface area contributed by atoms with Gasteiger partial charge in [0.05, 0.1) is 4.92 Å². The Morgan fingerprint density at radius 2 is 1.89 bits per heavy atom. The summed E-state index contributed by atoms with van der Waals surface area (Å²) in [6.07, 6.45) is 0.120. The molecule has 0 saturated carbocycles. The molecule has 0 spiro atoms. The lowest BCUT2D eigenvalue weighted by Crippen LogP contribution is -2.46. The topological polar surface area (TPSA) is 106 Å². The average molecular weight is 262 g/mol. The summed E-state index contributed by atoms with van der Waals surface area (Å²) in [5, 5.41) is 12.9. The summed E-state index contributed by atoms with van der Waals surface area (Å²) in [6.45, 7) is 0.238. The second kappa shape index (κ2) is 4.97. The van der Waals surface area contributed by atoms with Gasteiger partial charge in [0.15, 0.2) is 17.5 Å². The Morgan fingerprint density at radius 1 is 1.26 bits per heavy atom. The minimum Gasteiger partial charge on any atom is -0.355 e. The highest BCUT2D eigenvalue weighted by atomic mass is 16.6. The van der Waals surface area contributed by atoms with Crippen LogP contribution in [0.15, 0.2) is 24.3 Å². The van der Waals surface area contributed by atoms with E-state index in [1.807, 2.05) is 0 Å². The van der Waals surface area contributed by atoms with Gasteiger partial charge in [0.1, 0.15) is 0 Å². The first-order chi connectivity index (χ1) is 9.00. The van der Waals surface area contributed by atoms with Crippen LogP contribution in [0.25, 0.3) is 0 Å². The molecule has 1 aliphatic heterocycles. The molecular formula is C12H10N2O5. The molecule has 1 aliphatic rings. The van der Waals surface area contributed by atoms with Gasteiger partial charge >= 0.3 is 0 Å². The molecule has 7 heteroatoms. The van der Waals surface area contributed by atoms with Crippen LogP contribution in [0.3, 0.4) is 0 Å². The van der Waals surface area contributed by atoms with Gasteiger partial charge in [0.25, 0.3) is 5.69 Å². The summed E-state index contributed by atoms with van der Waals surface area (Å²) < 4.78 is 0. The van der Waals surface area contributed by atoms with Crippen molar-refractivity contribution >= 4 is 23.2 Å². The van der Waals surface area contributed by atoms with Gasteiger partial charge in [-0.2, -0.15) is 0 Å². The molecule has 1 heterocycles. The smallest absolute Gasteiger partial charge is 0.269 e. The molecule has 1 N–H and O–H groups in total. The molecule has 1 fully saturated rings. The molecule has 7 nitrogen and oxygen atoms in total. The fraction of sp³-hybridized carbons (Fsp3) is 0.250. The number of piperidine rings is 1. The third kappa shape index (κ3) is 2.49. The first-order valence-electron chi connectivity index (χ1n) is 5.60. The molecule has 0 bridgehead atoms. The Kier molecular flexibility index (Phi) is 3.37. The first kappa shape index (κ1) is 12.9. The Balaban J connectivity index is 2.25. The van der Waals surface area contributed by atoms with E-state index < -0.39 is 28.3 Å². The van der Waals surface area contributed by atoms with Crippen molar-refractivity contribution in [3.63, 3.8) is 0 Å². The number of nitro groups is 1. The average Bonchev–Trinajstić information content (AvgIpc) is 2.38. The predicted octanol–water partition coefficient (Wildman–Crippen LogP) is 0.483. The molecular weight excluding hydrogens is 252 g/mol. The van der Waals surface area contributed by atoms with Crippen LogP contribution in [0.5, 0.6) is 0 Å². The Bertz CT molecular complexity index is 548. The van der Waals surface area contributed by atoms with E-state index in [0.29, 0.717) is 0 Å². The molecule has 1 saturated heterocycles. The van der Waals surface area contributed by atoms with Crippen molar-refractivity contribution in [1.29, 1.82) is 0 Å². The maximum Gasteiger partial charge on any atom is 0.269 e. The van der Waals surface area contributed by atoms with Crippen LogP contribution < -0.4 is 5.32 Å². The van der Waals surface area contributed by atoms with E-state index in [1.54, 1.807) is 0 Å². The number of rotatable bonds is 3. The number of hydrogen-bond donors (Lipinski definition) is 1. The monoisotopic (exact) mass is 262 g/mol. The number of nitrogens with one attached hydrogen (secondary N) is 1. The van der Waals surface area contributed by atoms with E-state index in [0.717, 1.165) is 0 Å². The third-order valence-electron chi connectivity index (χ3n) is 2.88. The largest absolute Gasteiger partial charge is 0.355 e. The van der Waals surface area contributed by atoms with Crippen molar-refractivity contribution < 1.29 is 19.3 Å². The van der Waals surface area contributed by atoms with Crippen LogP contribution in [0.1, 0.15) is 16.8 Å². The Hall–Kier alpha value is -2.57. The molecule has 19 heavy (non-hydrogen) atoms. The number of hydrogen-bond acceptors (Lipinski definition) is 5. The normalized spacial score (nSPS) is 18.8. The van der Waals surface area contributed by atoms with E-state index in [2.05, 4.69) is 5.32 Å². The van der Waals surface area contributed by atoms with Gasteiger partial charge in [-0.05, 0) is 12.1 Å². The molecule has 0 aromatic heterocycles. The molecule has 1 amide bonds. The quantitative estimate of drug-likeness (QED) is 0.369. The molecule has 2 rings (SSSR count). The number of benzene rings is 1. The van der Waals surface area contributed by atoms with Crippen LogP contribution in [-0.4, -0.2) is 28.9 Å². The Labute approximate surface area is 107 Å². The fourth-order valence-corrected chi connectivity index (χ4v) is 1.88. The van der Waals surface area contributed by atoms with Gasteiger partial charge in [-0.25, -0.2) is 0 Å². The summed E-state index contributed by atoms with van der Waals surface area (Å²) in [4.78, 5) is 45.1. The van der Waals surface area contributed by atoms with Gasteiger partial charge in [-0.15, -0.1) is 0 Å². The van der Waals surface area contributed by atoms with Gasteiger partial charge in [-0.1, -0.05) is 0 Å². The number of nitrogens with zero attached hydrogens (tertiary/aromatic N) is 1. The van der Waals surface area contributed by atoms with Crippen LogP contribution in [-0.2, 0) is 9.59 Å². The number of Topliss-reactive ketones (excluding diaryl/α,β-unsaturated/α-hetero) is 2. The van der Waals surface area contributed by atoms with Crippen molar-refractivity contribution in [3.8, 4) is 0 Å². The van der Waals surface area contributed by atoms with Crippen LogP contribution >= 0.6 is 0 Å². The van der Waals surface area contributed by atoms with Gasteiger partial charge in [-0.3, -0.25) is 24.5 Å². The first-order valence-corrected chi connectivity index (χ1v) is 5.60. The minimum absolute atomic E-state index is 0.112. The number of nitro benzene ring substituents is 1. The Morgan fingerprint density at radius 3 is 2.42 bits per heavy atom. The van der Waals surface area contributed by atoms with Crippen molar-refractivity contribution in [2.24, 2.45) is 5.92 Å². The zero-order chi connectivity index (χ0) is 14.0. The molecule has 1 unspecified atom stereocenters. The molecule has 1 aromatic carbocycles. The number of ketones is 2. The van der Waals surface area contributed by atoms with Crippen LogP contribution in [0, 0.1) is 16.0 Å². The molecule has 1 aromatic rings. The van der Waals surface area contributed by atoms with E-state index in [-0.39, 0.29) is 24.2 Å². The number of carbonyl (C=O) groups is 3. The van der Waals surface area contributed by atoms with Crippen LogP contribution in [0.2, 0.25) is 0 Å². The lowest BCUT2D eigenvalue weighted by Gasteiger charge is -2.19. The summed E-state index contributed by atoms with van der Waals surface area (Å²) in [5.41, 5.74) is -0.0445. The minimum atomic E-state index is -1.34. The highest BCUT2D eigenvalue weighted by Crippen LogP contribution is 2.18. The standard InChI is InChI=1S/C12H10N2O5/c15-9-5-6-13-12(17)10(9)11(16)7-1-3-8(4-2-7)14(18)19/h1-4,10H,5-6H2,(H,13,17). The second-order valence-electron chi connectivity index (χ2n) is 4.11.